The second kappa shape index (κ2) is 10.8. The summed E-state index contributed by atoms with van der Waals surface area (Å²) >= 11 is 0. The van der Waals surface area contributed by atoms with Crippen molar-refractivity contribution in [1.82, 2.24) is 5.32 Å². The summed E-state index contributed by atoms with van der Waals surface area (Å²) in [7, 11) is 3.31. The van der Waals surface area contributed by atoms with Crippen LogP contribution in [0.15, 0.2) is 97.1 Å². The first-order chi connectivity index (χ1) is 17.6. The Bertz CT molecular complexity index is 1310. The molecule has 4 aromatic carbocycles. The van der Waals surface area contributed by atoms with Gasteiger partial charge in [-0.25, -0.2) is 0 Å². The molecule has 36 heavy (non-hydrogen) atoms. The minimum absolute atomic E-state index is 0.142. The van der Waals surface area contributed by atoms with Gasteiger partial charge >= 0.3 is 0 Å². The van der Waals surface area contributed by atoms with Crippen molar-refractivity contribution in [3.05, 3.63) is 119 Å². The van der Waals surface area contributed by atoms with Gasteiger partial charge in [-0.3, -0.25) is 4.79 Å². The topological polar surface area (TPSA) is 47.6 Å². The maximum atomic E-state index is 12.8. The molecule has 5 rings (SSSR count). The van der Waals surface area contributed by atoms with Crippen LogP contribution in [0.5, 0.6) is 11.5 Å². The van der Waals surface area contributed by atoms with Gasteiger partial charge in [0, 0.05) is 30.5 Å². The molecule has 4 aromatic rings. The van der Waals surface area contributed by atoms with E-state index in [0.717, 1.165) is 46.7 Å². The van der Waals surface area contributed by atoms with E-state index in [9.17, 15) is 4.79 Å². The third-order valence-corrected chi connectivity index (χ3v) is 6.89. The monoisotopic (exact) mass is 477 g/mol. The first-order valence-electron chi connectivity index (χ1n) is 12.4. The highest BCUT2D eigenvalue weighted by Gasteiger charge is 2.37. The van der Waals surface area contributed by atoms with Crippen molar-refractivity contribution in [3.8, 4) is 22.6 Å². The smallest absolute Gasteiger partial charge is 0.167 e. The number of hydrogen-bond acceptors (Lipinski definition) is 4. The van der Waals surface area contributed by atoms with Crippen LogP contribution in [-0.4, -0.2) is 26.0 Å². The van der Waals surface area contributed by atoms with Gasteiger partial charge in [-0.05, 0) is 46.4 Å². The summed E-state index contributed by atoms with van der Waals surface area (Å²) < 4.78 is 10.7. The summed E-state index contributed by atoms with van der Waals surface area (Å²) in [5, 5.41) is 3.64. The van der Waals surface area contributed by atoms with Gasteiger partial charge < -0.3 is 14.8 Å². The fourth-order valence-corrected chi connectivity index (χ4v) is 4.68. The van der Waals surface area contributed by atoms with E-state index < -0.39 is 0 Å². The number of methoxy groups -OCH3 is 2. The highest BCUT2D eigenvalue weighted by molar-refractivity contribution is 5.97. The lowest BCUT2D eigenvalue weighted by molar-refractivity contribution is 0.0993. The molecule has 1 fully saturated rings. The van der Waals surface area contributed by atoms with Crippen LogP contribution in [0.2, 0.25) is 0 Å². The highest BCUT2D eigenvalue weighted by atomic mass is 16.5. The minimum atomic E-state index is 0.142. The number of ether oxygens (including phenoxy) is 2. The predicted molar refractivity (Wildman–Crippen MR) is 144 cm³/mol. The van der Waals surface area contributed by atoms with Crippen LogP contribution in [0.3, 0.4) is 0 Å². The third-order valence-electron chi connectivity index (χ3n) is 6.89. The molecule has 0 saturated heterocycles. The molecule has 1 aliphatic carbocycles. The lowest BCUT2D eigenvalue weighted by atomic mass is 9.98. The number of nitrogens with one attached hydrogen (secondary N) is 1. The molecule has 4 nitrogen and oxygen atoms in total. The average Bonchev–Trinajstić information content (AvgIpc) is 3.72. The van der Waals surface area contributed by atoms with E-state index in [2.05, 4.69) is 47.8 Å². The molecule has 2 unspecified atom stereocenters. The van der Waals surface area contributed by atoms with E-state index in [0.29, 0.717) is 18.4 Å². The second-order valence-corrected chi connectivity index (χ2v) is 9.30. The van der Waals surface area contributed by atoms with E-state index in [1.165, 1.54) is 11.1 Å². The Kier molecular flexibility index (Phi) is 7.15. The van der Waals surface area contributed by atoms with Crippen molar-refractivity contribution in [2.45, 2.75) is 31.3 Å². The Morgan fingerprint density at radius 2 is 1.44 bits per heavy atom. The van der Waals surface area contributed by atoms with Crippen LogP contribution in [0.1, 0.15) is 39.4 Å². The number of Topliss-reactive ketones (excluding diaryl/α,β-unsaturated/α-hetero) is 1. The molecule has 0 spiro atoms. The van der Waals surface area contributed by atoms with E-state index >= 15 is 0 Å². The molecular weight excluding hydrogens is 446 g/mol. The standard InChI is InChI=1S/C32H31NO3/c1-35-31-17-10-23(19-32(31)36-2)21-33-29-20-28(29)26-11-8-22(9-12-26)18-30(34)27-15-13-25(14-16-27)24-6-4-3-5-7-24/h3-17,19,28-29,33H,18,20-21H2,1-2H3. The number of carbonyl (C=O) groups is 1. The van der Waals surface area contributed by atoms with Gasteiger partial charge in [0.2, 0.25) is 0 Å². The normalized spacial score (nSPS) is 16.4. The molecule has 1 aliphatic rings. The number of carbonyl (C=O) groups excluding carboxylic acids is 1. The molecule has 4 heteroatoms. The Labute approximate surface area is 212 Å². The van der Waals surface area contributed by atoms with Gasteiger partial charge in [0.15, 0.2) is 17.3 Å². The second-order valence-electron chi connectivity index (χ2n) is 9.30. The van der Waals surface area contributed by atoms with Crippen LogP contribution >= 0.6 is 0 Å². The summed E-state index contributed by atoms with van der Waals surface area (Å²) in [6.07, 6.45) is 1.54. The Morgan fingerprint density at radius 3 is 2.14 bits per heavy atom. The van der Waals surface area contributed by atoms with Crippen LogP contribution in [-0.2, 0) is 13.0 Å². The third kappa shape index (κ3) is 5.50. The van der Waals surface area contributed by atoms with Crippen LogP contribution in [0.4, 0.5) is 0 Å². The molecule has 0 bridgehead atoms. The zero-order valence-corrected chi connectivity index (χ0v) is 20.7. The van der Waals surface area contributed by atoms with Crippen molar-refractivity contribution < 1.29 is 14.3 Å². The summed E-state index contributed by atoms with van der Waals surface area (Å²) in [5.74, 6) is 2.15. The minimum Gasteiger partial charge on any atom is -0.493 e. The van der Waals surface area contributed by atoms with E-state index in [4.69, 9.17) is 9.47 Å². The molecule has 0 amide bonds. The van der Waals surface area contributed by atoms with Crippen molar-refractivity contribution in [2.75, 3.05) is 14.2 Å². The van der Waals surface area contributed by atoms with Gasteiger partial charge in [-0.15, -0.1) is 0 Å². The van der Waals surface area contributed by atoms with E-state index in [-0.39, 0.29) is 5.78 Å². The maximum Gasteiger partial charge on any atom is 0.167 e. The van der Waals surface area contributed by atoms with Crippen molar-refractivity contribution in [2.24, 2.45) is 0 Å². The van der Waals surface area contributed by atoms with Crippen molar-refractivity contribution >= 4 is 5.78 Å². The number of rotatable bonds is 10. The van der Waals surface area contributed by atoms with Crippen LogP contribution in [0, 0.1) is 0 Å². The summed E-state index contributed by atoms with van der Waals surface area (Å²) in [6, 6.07) is 33.1. The first-order valence-corrected chi connectivity index (χ1v) is 12.4. The largest absolute Gasteiger partial charge is 0.493 e. The van der Waals surface area contributed by atoms with Gasteiger partial charge in [-0.1, -0.05) is 84.9 Å². The molecule has 0 heterocycles. The molecule has 0 radical (unpaired) electrons. The van der Waals surface area contributed by atoms with Gasteiger partial charge in [-0.2, -0.15) is 0 Å². The maximum absolute atomic E-state index is 12.8. The lowest BCUT2D eigenvalue weighted by Gasteiger charge is -2.10. The number of hydrogen-bond donors (Lipinski definition) is 1. The van der Waals surface area contributed by atoms with Crippen molar-refractivity contribution in [1.29, 1.82) is 0 Å². The quantitative estimate of drug-likeness (QED) is 0.267. The summed E-state index contributed by atoms with van der Waals surface area (Å²) in [6.45, 7) is 0.789. The van der Waals surface area contributed by atoms with E-state index in [1.807, 2.05) is 54.6 Å². The number of ketones is 1. The Balaban J connectivity index is 1.13. The first kappa shape index (κ1) is 23.8. The van der Waals surface area contributed by atoms with Crippen LogP contribution < -0.4 is 14.8 Å². The molecule has 2 atom stereocenters. The fourth-order valence-electron chi connectivity index (χ4n) is 4.68. The molecule has 182 valence electrons. The van der Waals surface area contributed by atoms with Crippen LogP contribution in [0.25, 0.3) is 11.1 Å². The SMILES string of the molecule is COc1ccc(CNC2CC2c2ccc(CC(=O)c3ccc(-c4ccccc4)cc3)cc2)cc1OC. The molecule has 1 N–H and O–H groups in total. The van der Waals surface area contributed by atoms with E-state index in [1.54, 1.807) is 14.2 Å². The molecule has 0 aromatic heterocycles. The fraction of sp³-hybridized carbons (Fsp3) is 0.219. The number of benzene rings is 4. The zero-order valence-electron chi connectivity index (χ0n) is 20.7. The Morgan fingerprint density at radius 1 is 0.778 bits per heavy atom. The average molecular weight is 478 g/mol. The van der Waals surface area contributed by atoms with Gasteiger partial charge in [0.25, 0.3) is 0 Å². The van der Waals surface area contributed by atoms with Gasteiger partial charge in [0.1, 0.15) is 0 Å². The molecular formula is C32H31NO3. The predicted octanol–water partition coefficient (Wildman–Crippen LogP) is 6.44. The molecule has 0 aliphatic heterocycles. The Hall–Kier alpha value is -3.89. The van der Waals surface area contributed by atoms with Crippen molar-refractivity contribution in [3.63, 3.8) is 0 Å². The zero-order chi connectivity index (χ0) is 24.9. The highest BCUT2D eigenvalue weighted by Crippen LogP contribution is 2.41. The lowest BCUT2D eigenvalue weighted by Crippen LogP contribution is -2.17. The van der Waals surface area contributed by atoms with Gasteiger partial charge in [0.05, 0.1) is 14.2 Å². The summed E-state index contributed by atoms with van der Waals surface area (Å²) in [5.41, 5.74) is 6.57. The summed E-state index contributed by atoms with van der Waals surface area (Å²) in [4.78, 5) is 12.8. The molecule has 1 saturated carbocycles.